The van der Waals surface area contributed by atoms with E-state index in [1.54, 1.807) is 0 Å². The van der Waals surface area contributed by atoms with Gasteiger partial charge in [0.1, 0.15) is 17.0 Å². The molecule has 0 aliphatic heterocycles. The van der Waals surface area contributed by atoms with E-state index in [0.717, 1.165) is 27.5 Å². The van der Waals surface area contributed by atoms with Crippen LogP contribution < -0.4 is 11.6 Å². The van der Waals surface area contributed by atoms with E-state index in [1.165, 1.54) is 0 Å². The highest BCUT2D eigenvalue weighted by atomic mass is 16.3. The maximum Gasteiger partial charge on any atom is 0.150 e. The minimum atomic E-state index is 0.298. The Balaban J connectivity index is 2.34. The minimum Gasteiger partial charge on any atom is -0.456 e. The number of nitrogens with two attached hydrogens (primary N) is 2. The first-order valence-corrected chi connectivity index (χ1v) is 5.24. The van der Waals surface area contributed by atoms with E-state index in [9.17, 15) is 0 Å². The summed E-state index contributed by atoms with van der Waals surface area (Å²) in [6, 6.07) is 13.6. The van der Waals surface area contributed by atoms with Gasteiger partial charge in [-0.25, -0.2) is 0 Å². The molecule has 2 aromatic carbocycles. The maximum atomic E-state index is 5.74. The van der Waals surface area contributed by atoms with Gasteiger partial charge in [-0.15, -0.1) is 0 Å². The number of rotatable bonds is 1. The van der Waals surface area contributed by atoms with E-state index in [2.05, 4.69) is 5.10 Å². The molecule has 0 spiro atoms. The fourth-order valence-electron chi connectivity index (χ4n) is 1.96. The number of hydrazone groups is 1. The Morgan fingerprint density at radius 3 is 2.59 bits per heavy atom. The van der Waals surface area contributed by atoms with Crippen molar-refractivity contribution < 1.29 is 4.42 Å². The maximum absolute atomic E-state index is 5.74. The first kappa shape index (κ1) is 9.72. The molecule has 3 aromatic rings. The van der Waals surface area contributed by atoms with Gasteiger partial charge in [0.2, 0.25) is 0 Å². The van der Waals surface area contributed by atoms with Crippen molar-refractivity contribution in [3.63, 3.8) is 0 Å². The third kappa shape index (κ3) is 1.42. The van der Waals surface area contributed by atoms with E-state index in [1.807, 2.05) is 42.5 Å². The molecule has 0 unspecified atom stereocenters. The largest absolute Gasteiger partial charge is 0.456 e. The van der Waals surface area contributed by atoms with Crippen LogP contribution in [0.3, 0.4) is 0 Å². The van der Waals surface area contributed by atoms with Gasteiger partial charge in [0.25, 0.3) is 0 Å². The Kier molecular flexibility index (Phi) is 2.01. The van der Waals surface area contributed by atoms with E-state index >= 15 is 0 Å². The molecule has 0 fully saturated rings. The summed E-state index contributed by atoms with van der Waals surface area (Å²) < 4.78 is 5.74. The van der Waals surface area contributed by atoms with Crippen molar-refractivity contribution in [3.05, 3.63) is 48.0 Å². The van der Waals surface area contributed by atoms with Gasteiger partial charge in [-0.1, -0.05) is 24.3 Å². The Bertz CT molecular complexity index is 728. The molecule has 17 heavy (non-hydrogen) atoms. The predicted octanol–water partition coefficient (Wildman–Crippen LogP) is 2.17. The van der Waals surface area contributed by atoms with E-state index in [-0.39, 0.29) is 0 Å². The van der Waals surface area contributed by atoms with Gasteiger partial charge >= 0.3 is 0 Å². The second-order valence-electron chi connectivity index (χ2n) is 3.82. The van der Waals surface area contributed by atoms with Crippen molar-refractivity contribution in [2.45, 2.75) is 0 Å². The molecule has 3 rings (SSSR count). The van der Waals surface area contributed by atoms with Crippen LogP contribution in [0.25, 0.3) is 21.9 Å². The molecule has 0 bridgehead atoms. The molecule has 84 valence electrons. The lowest BCUT2D eigenvalue weighted by Crippen LogP contribution is -2.15. The normalized spacial score (nSPS) is 12.4. The number of benzene rings is 2. The number of fused-ring (bicyclic) bond motifs is 3. The minimum absolute atomic E-state index is 0.298. The van der Waals surface area contributed by atoms with Gasteiger partial charge in [0.15, 0.2) is 0 Å². The quantitative estimate of drug-likeness (QED) is 0.288. The zero-order valence-corrected chi connectivity index (χ0v) is 9.05. The molecule has 0 saturated carbocycles. The summed E-state index contributed by atoms with van der Waals surface area (Å²) in [6.45, 7) is 0. The lowest BCUT2D eigenvalue weighted by molar-refractivity contribution is 0.669. The summed E-state index contributed by atoms with van der Waals surface area (Å²) in [7, 11) is 0. The summed E-state index contributed by atoms with van der Waals surface area (Å²) in [5, 5.41) is 5.63. The van der Waals surface area contributed by atoms with E-state index in [0.29, 0.717) is 5.84 Å². The molecule has 4 N–H and O–H groups in total. The third-order valence-corrected chi connectivity index (χ3v) is 2.81. The summed E-state index contributed by atoms with van der Waals surface area (Å²) in [4.78, 5) is 0. The van der Waals surface area contributed by atoms with E-state index < -0.39 is 0 Å². The van der Waals surface area contributed by atoms with Crippen LogP contribution in [0.2, 0.25) is 0 Å². The Morgan fingerprint density at radius 1 is 1.00 bits per heavy atom. The first-order chi connectivity index (χ1) is 8.29. The molecular formula is C13H11N3O. The summed E-state index contributed by atoms with van der Waals surface area (Å²) in [5.74, 6) is 5.45. The monoisotopic (exact) mass is 225 g/mol. The van der Waals surface area contributed by atoms with Crippen molar-refractivity contribution in [1.29, 1.82) is 0 Å². The SMILES string of the molecule is N/N=C(\N)c1ccc2c(c1)oc1ccccc12. The summed E-state index contributed by atoms with van der Waals surface area (Å²) in [6.07, 6.45) is 0. The Hall–Kier alpha value is -2.49. The van der Waals surface area contributed by atoms with Gasteiger partial charge in [-0.05, 0) is 18.2 Å². The third-order valence-electron chi connectivity index (χ3n) is 2.81. The lowest BCUT2D eigenvalue weighted by Gasteiger charge is -1.97. The standard InChI is InChI=1S/C13H11N3O/c14-13(16-15)8-5-6-10-9-3-1-2-4-11(9)17-12(10)7-8/h1-7H,15H2,(H2,14,16). The van der Waals surface area contributed by atoms with Crippen LogP contribution >= 0.6 is 0 Å². The van der Waals surface area contributed by atoms with Crippen LogP contribution in [-0.4, -0.2) is 5.84 Å². The van der Waals surface area contributed by atoms with Crippen molar-refractivity contribution >= 4 is 27.8 Å². The average Bonchev–Trinajstić information content (AvgIpc) is 2.75. The topological polar surface area (TPSA) is 77.5 Å². The zero-order valence-electron chi connectivity index (χ0n) is 9.05. The fourth-order valence-corrected chi connectivity index (χ4v) is 1.96. The van der Waals surface area contributed by atoms with Crippen LogP contribution in [0, 0.1) is 0 Å². The van der Waals surface area contributed by atoms with Gasteiger partial charge in [-0.3, -0.25) is 0 Å². The summed E-state index contributed by atoms with van der Waals surface area (Å²) in [5.41, 5.74) is 8.08. The molecule has 1 heterocycles. The molecule has 0 atom stereocenters. The van der Waals surface area contributed by atoms with Crippen molar-refractivity contribution in [3.8, 4) is 0 Å². The Morgan fingerprint density at radius 2 is 1.76 bits per heavy atom. The highest BCUT2D eigenvalue weighted by Gasteiger charge is 2.07. The smallest absolute Gasteiger partial charge is 0.150 e. The molecule has 0 aliphatic rings. The van der Waals surface area contributed by atoms with Crippen LogP contribution in [0.15, 0.2) is 52.0 Å². The zero-order chi connectivity index (χ0) is 11.8. The number of nitrogens with zero attached hydrogens (tertiary/aromatic N) is 1. The number of hydrogen-bond donors (Lipinski definition) is 2. The molecule has 0 aliphatic carbocycles. The average molecular weight is 225 g/mol. The number of para-hydroxylation sites is 1. The highest BCUT2D eigenvalue weighted by molar-refractivity contribution is 6.07. The molecule has 1 aromatic heterocycles. The predicted molar refractivity (Wildman–Crippen MR) is 68.6 cm³/mol. The Labute approximate surface area is 97.5 Å². The van der Waals surface area contributed by atoms with Crippen LogP contribution in [-0.2, 0) is 0 Å². The second-order valence-corrected chi connectivity index (χ2v) is 3.82. The van der Waals surface area contributed by atoms with Crippen LogP contribution in [0.1, 0.15) is 5.56 Å². The van der Waals surface area contributed by atoms with Gasteiger partial charge in [0.05, 0.1) is 0 Å². The molecule has 0 radical (unpaired) electrons. The molecule has 4 heteroatoms. The van der Waals surface area contributed by atoms with Gasteiger partial charge < -0.3 is 16.0 Å². The first-order valence-electron chi connectivity index (χ1n) is 5.24. The molecule has 0 saturated heterocycles. The molecule has 4 nitrogen and oxygen atoms in total. The second kappa shape index (κ2) is 3.52. The van der Waals surface area contributed by atoms with Gasteiger partial charge in [-0.2, -0.15) is 5.10 Å². The van der Waals surface area contributed by atoms with Crippen molar-refractivity contribution in [2.75, 3.05) is 0 Å². The van der Waals surface area contributed by atoms with Crippen LogP contribution in [0.4, 0.5) is 0 Å². The van der Waals surface area contributed by atoms with E-state index in [4.69, 9.17) is 16.0 Å². The summed E-state index contributed by atoms with van der Waals surface area (Å²) >= 11 is 0. The highest BCUT2D eigenvalue weighted by Crippen LogP contribution is 2.28. The van der Waals surface area contributed by atoms with Crippen molar-refractivity contribution in [2.24, 2.45) is 16.7 Å². The van der Waals surface area contributed by atoms with Crippen molar-refractivity contribution in [1.82, 2.24) is 0 Å². The molecule has 0 amide bonds. The number of amidine groups is 1. The van der Waals surface area contributed by atoms with Crippen LogP contribution in [0.5, 0.6) is 0 Å². The fraction of sp³-hybridized carbons (Fsp3) is 0. The lowest BCUT2D eigenvalue weighted by atomic mass is 10.1. The molecular weight excluding hydrogens is 214 g/mol. The van der Waals surface area contributed by atoms with Gasteiger partial charge in [0, 0.05) is 16.3 Å². The number of hydrogen-bond acceptors (Lipinski definition) is 3. The number of furan rings is 1.